The van der Waals surface area contributed by atoms with Crippen molar-refractivity contribution in [2.75, 3.05) is 6.61 Å². The van der Waals surface area contributed by atoms with Crippen molar-refractivity contribution < 1.29 is 22.3 Å². The number of unbranched alkanes of at least 4 members (excludes halogenated alkanes) is 4. The zero-order valence-electron chi connectivity index (χ0n) is 22.9. The lowest BCUT2D eigenvalue weighted by Gasteiger charge is -2.27. The van der Waals surface area contributed by atoms with E-state index in [0.29, 0.717) is 29.2 Å². The Bertz CT molecular complexity index is 1260. The Balaban J connectivity index is 1.45. The van der Waals surface area contributed by atoms with E-state index in [2.05, 4.69) is 19.1 Å². The summed E-state index contributed by atoms with van der Waals surface area (Å²) in [6.07, 6.45) is 13.1. The lowest BCUT2D eigenvalue weighted by atomic mass is 9.78. The monoisotopic (exact) mass is 538 g/mol. The van der Waals surface area contributed by atoms with Crippen LogP contribution in [0.15, 0.2) is 60.7 Å². The molecule has 4 rings (SSSR count). The van der Waals surface area contributed by atoms with Gasteiger partial charge in [0.25, 0.3) is 0 Å². The van der Waals surface area contributed by atoms with Gasteiger partial charge in [-0.1, -0.05) is 81.2 Å². The third-order valence-corrected chi connectivity index (χ3v) is 7.85. The number of rotatable bonds is 11. The second kappa shape index (κ2) is 13.8. The second-order valence-corrected chi connectivity index (χ2v) is 10.5. The summed E-state index contributed by atoms with van der Waals surface area (Å²) in [6, 6.07) is 12.6. The standard InChI is InChI=1S/C34H38F4O/c1-3-5-6-7-8-22-39-30-21-20-29(33(37)34(30)38)26-16-14-25(15-17-26)28-19-18-27(31(35)32(28)36)24-12-10-23(9-4-2)11-13-24/h4,9,14-21,23-24H,3,5-8,10-13,22H2,1-2H3. The molecule has 0 heterocycles. The quantitative estimate of drug-likeness (QED) is 0.134. The highest BCUT2D eigenvalue weighted by molar-refractivity contribution is 5.72. The van der Waals surface area contributed by atoms with Gasteiger partial charge >= 0.3 is 0 Å². The number of halogens is 4. The number of allylic oxidation sites excluding steroid dienone is 2. The van der Waals surface area contributed by atoms with Crippen molar-refractivity contribution in [1.29, 1.82) is 0 Å². The molecule has 0 bridgehead atoms. The molecule has 1 aliphatic rings. The highest BCUT2D eigenvalue weighted by Gasteiger charge is 2.26. The first-order chi connectivity index (χ1) is 18.9. The minimum absolute atomic E-state index is 0.0170. The molecule has 0 aliphatic heterocycles. The molecule has 3 aromatic rings. The first-order valence-corrected chi connectivity index (χ1v) is 14.3. The summed E-state index contributed by atoms with van der Waals surface area (Å²) < 4.78 is 65.3. The largest absolute Gasteiger partial charge is 0.490 e. The van der Waals surface area contributed by atoms with Crippen molar-refractivity contribution in [3.8, 4) is 28.0 Å². The van der Waals surface area contributed by atoms with Gasteiger partial charge in [0, 0.05) is 11.1 Å². The minimum Gasteiger partial charge on any atom is -0.490 e. The van der Waals surface area contributed by atoms with Gasteiger partial charge in [-0.2, -0.15) is 4.39 Å². The van der Waals surface area contributed by atoms with Gasteiger partial charge in [0.05, 0.1) is 6.61 Å². The third-order valence-electron chi connectivity index (χ3n) is 7.85. The van der Waals surface area contributed by atoms with Gasteiger partial charge in [-0.25, -0.2) is 13.2 Å². The summed E-state index contributed by atoms with van der Waals surface area (Å²) in [4.78, 5) is 0. The number of hydrogen-bond acceptors (Lipinski definition) is 1. The van der Waals surface area contributed by atoms with Crippen molar-refractivity contribution in [2.24, 2.45) is 5.92 Å². The molecule has 1 nitrogen and oxygen atoms in total. The summed E-state index contributed by atoms with van der Waals surface area (Å²) in [5.74, 6) is -3.24. The van der Waals surface area contributed by atoms with Crippen molar-refractivity contribution in [2.45, 2.75) is 77.6 Å². The zero-order chi connectivity index (χ0) is 27.8. The average Bonchev–Trinajstić information content (AvgIpc) is 2.95. The minimum atomic E-state index is -1.02. The van der Waals surface area contributed by atoms with Gasteiger partial charge in [0.2, 0.25) is 5.82 Å². The predicted molar refractivity (Wildman–Crippen MR) is 151 cm³/mol. The average molecular weight is 539 g/mol. The van der Waals surface area contributed by atoms with E-state index in [4.69, 9.17) is 4.74 Å². The molecular formula is C34H38F4O. The van der Waals surface area contributed by atoms with Crippen LogP contribution in [0.1, 0.15) is 83.1 Å². The number of hydrogen-bond donors (Lipinski definition) is 0. The second-order valence-electron chi connectivity index (χ2n) is 10.5. The summed E-state index contributed by atoms with van der Waals surface area (Å²) in [6.45, 7) is 4.48. The lowest BCUT2D eigenvalue weighted by Crippen LogP contribution is -2.13. The first kappa shape index (κ1) is 28.9. The normalized spacial score (nSPS) is 17.6. The van der Waals surface area contributed by atoms with Gasteiger partial charge in [-0.05, 0) is 79.7 Å². The Kier molecular flexibility index (Phi) is 10.2. The van der Waals surface area contributed by atoms with Crippen LogP contribution in [0.5, 0.6) is 5.75 Å². The molecule has 0 aromatic heterocycles. The summed E-state index contributed by atoms with van der Waals surface area (Å²) >= 11 is 0. The van der Waals surface area contributed by atoms with Crippen LogP contribution < -0.4 is 4.74 Å². The van der Waals surface area contributed by atoms with Gasteiger partial charge in [0.15, 0.2) is 23.2 Å². The fraction of sp³-hybridized carbons (Fsp3) is 0.412. The van der Waals surface area contributed by atoms with Gasteiger partial charge in [-0.15, -0.1) is 0 Å². The number of benzene rings is 3. The predicted octanol–water partition coefficient (Wildman–Crippen LogP) is 10.8. The topological polar surface area (TPSA) is 9.23 Å². The van der Waals surface area contributed by atoms with Crippen molar-refractivity contribution in [3.63, 3.8) is 0 Å². The van der Waals surface area contributed by atoms with Gasteiger partial charge in [-0.3, -0.25) is 0 Å². The maximum atomic E-state index is 15.2. The van der Waals surface area contributed by atoms with Crippen molar-refractivity contribution in [1.82, 2.24) is 0 Å². The molecule has 0 N–H and O–H groups in total. The number of ether oxygens (including phenoxy) is 1. The third kappa shape index (κ3) is 6.93. The fourth-order valence-corrected chi connectivity index (χ4v) is 5.58. The van der Waals surface area contributed by atoms with Crippen LogP contribution in [0, 0.1) is 29.2 Å². The molecule has 0 atom stereocenters. The maximum absolute atomic E-state index is 15.2. The van der Waals surface area contributed by atoms with Crippen LogP contribution in [0.3, 0.4) is 0 Å². The Morgan fingerprint density at radius 2 is 1.28 bits per heavy atom. The van der Waals surface area contributed by atoms with E-state index in [0.717, 1.165) is 57.8 Å². The zero-order valence-corrected chi connectivity index (χ0v) is 22.9. The van der Waals surface area contributed by atoms with Crippen LogP contribution >= 0.6 is 0 Å². The molecule has 5 heteroatoms. The van der Waals surface area contributed by atoms with Crippen molar-refractivity contribution >= 4 is 0 Å². The molecule has 0 radical (unpaired) electrons. The smallest absolute Gasteiger partial charge is 0.201 e. The molecule has 1 fully saturated rings. The Morgan fingerprint density at radius 1 is 0.692 bits per heavy atom. The molecule has 0 amide bonds. The van der Waals surface area contributed by atoms with E-state index in [1.807, 2.05) is 6.92 Å². The molecule has 208 valence electrons. The van der Waals surface area contributed by atoms with E-state index in [1.165, 1.54) is 12.1 Å². The molecular weight excluding hydrogens is 500 g/mol. The van der Waals surface area contributed by atoms with E-state index in [-0.39, 0.29) is 22.8 Å². The van der Waals surface area contributed by atoms with E-state index in [1.54, 1.807) is 36.4 Å². The summed E-state index contributed by atoms with van der Waals surface area (Å²) in [5, 5.41) is 0. The molecule has 0 saturated heterocycles. The van der Waals surface area contributed by atoms with E-state index < -0.39 is 23.3 Å². The summed E-state index contributed by atoms with van der Waals surface area (Å²) in [7, 11) is 0. The highest BCUT2D eigenvalue weighted by atomic mass is 19.2. The molecule has 1 saturated carbocycles. The molecule has 39 heavy (non-hydrogen) atoms. The maximum Gasteiger partial charge on any atom is 0.201 e. The molecule has 0 unspecified atom stereocenters. The fourth-order valence-electron chi connectivity index (χ4n) is 5.58. The van der Waals surface area contributed by atoms with Crippen LogP contribution in [0.4, 0.5) is 17.6 Å². The highest BCUT2D eigenvalue weighted by Crippen LogP contribution is 2.39. The van der Waals surface area contributed by atoms with Gasteiger partial charge in [0.1, 0.15) is 0 Å². The lowest BCUT2D eigenvalue weighted by molar-refractivity contribution is 0.285. The van der Waals surface area contributed by atoms with Crippen LogP contribution in [-0.2, 0) is 0 Å². The van der Waals surface area contributed by atoms with Crippen LogP contribution in [-0.4, -0.2) is 6.61 Å². The Morgan fingerprint density at radius 3 is 1.90 bits per heavy atom. The van der Waals surface area contributed by atoms with Crippen LogP contribution in [0.25, 0.3) is 22.3 Å². The Hall–Kier alpha value is -3.08. The van der Waals surface area contributed by atoms with E-state index >= 15 is 8.78 Å². The van der Waals surface area contributed by atoms with Crippen LogP contribution in [0.2, 0.25) is 0 Å². The molecule has 3 aromatic carbocycles. The first-order valence-electron chi connectivity index (χ1n) is 14.3. The van der Waals surface area contributed by atoms with Crippen molar-refractivity contribution in [3.05, 3.63) is 89.5 Å². The Labute approximate surface area is 229 Å². The van der Waals surface area contributed by atoms with E-state index in [9.17, 15) is 8.78 Å². The molecule has 0 spiro atoms. The molecule has 1 aliphatic carbocycles. The summed E-state index contributed by atoms with van der Waals surface area (Å²) in [5.41, 5.74) is 1.59. The van der Waals surface area contributed by atoms with Gasteiger partial charge < -0.3 is 4.74 Å². The SMILES string of the molecule is CC=CC1CCC(c2ccc(-c3ccc(-c4ccc(OCCCCCCC)c(F)c4F)cc3)c(F)c2F)CC1.